The van der Waals surface area contributed by atoms with E-state index >= 15 is 0 Å². The number of hydrogen-bond acceptors (Lipinski definition) is 4. The Hall–Kier alpha value is -0.230. The molecule has 5 heteroatoms. The Morgan fingerprint density at radius 3 is 2.82 bits per heavy atom. The summed E-state index contributed by atoms with van der Waals surface area (Å²) >= 11 is -1.91. The molecule has 0 fully saturated rings. The summed E-state index contributed by atoms with van der Waals surface area (Å²) in [7, 11) is 1.83. The molecule has 4 nitrogen and oxygen atoms in total. The number of hydrogen-bond donors (Lipinski definition) is 0. The summed E-state index contributed by atoms with van der Waals surface area (Å²) in [5.41, 5.74) is 3.20. The molecule has 0 radical (unpaired) electrons. The zero-order chi connectivity index (χ0) is 15.9. The maximum atomic E-state index is 10.7. The molecule has 2 rings (SSSR count). The standard InChI is InChI=1S/C17H31NO3S/c1-3-10-18(11-5-12-22(19)20)15-9-8-14-6-4-7-17(21-2)16(14)13-15/h15,17H,3-13H2,1-2H3,(H,19,20)/p-1. The van der Waals surface area contributed by atoms with Crippen molar-refractivity contribution in [2.45, 2.75) is 70.4 Å². The third-order valence-electron chi connectivity index (χ3n) is 5.09. The second-order valence-electron chi connectivity index (χ2n) is 6.54. The van der Waals surface area contributed by atoms with Gasteiger partial charge in [-0.1, -0.05) is 23.6 Å². The molecule has 128 valence electrons. The molecule has 3 atom stereocenters. The van der Waals surface area contributed by atoms with Gasteiger partial charge in [0, 0.05) is 18.9 Å². The van der Waals surface area contributed by atoms with Gasteiger partial charge < -0.3 is 14.2 Å². The highest BCUT2D eigenvalue weighted by Gasteiger charge is 2.31. The van der Waals surface area contributed by atoms with E-state index in [0.29, 0.717) is 12.1 Å². The predicted octanol–water partition coefficient (Wildman–Crippen LogP) is 3.02. The van der Waals surface area contributed by atoms with Gasteiger partial charge in [0.1, 0.15) is 0 Å². The lowest BCUT2D eigenvalue weighted by atomic mass is 9.78. The van der Waals surface area contributed by atoms with Crippen LogP contribution in [0.5, 0.6) is 0 Å². The van der Waals surface area contributed by atoms with Crippen molar-refractivity contribution >= 4 is 11.1 Å². The fourth-order valence-electron chi connectivity index (χ4n) is 4.04. The van der Waals surface area contributed by atoms with Crippen LogP contribution < -0.4 is 0 Å². The van der Waals surface area contributed by atoms with Crippen molar-refractivity contribution in [1.82, 2.24) is 4.90 Å². The van der Waals surface area contributed by atoms with E-state index in [-0.39, 0.29) is 5.75 Å². The van der Waals surface area contributed by atoms with Crippen LogP contribution in [-0.4, -0.2) is 51.8 Å². The highest BCUT2D eigenvalue weighted by atomic mass is 32.2. The number of ether oxygens (including phenoxy) is 1. The summed E-state index contributed by atoms with van der Waals surface area (Å²) in [5, 5.41) is 0. The van der Waals surface area contributed by atoms with Crippen LogP contribution in [0.25, 0.3) is 0 Å². The molecule has 3 unspecified atom stereocenters. The minimum atomic E-state index is -1.91. The van der Waals surface area contributed by atoms with Crippen molar-refractivity contribution in [1.29, 1.82) is 0 Å². The minimum Gasteiger partial charge on any atom is -0.772 e. The van der Waals surface area contributed by atoms with E-state index in [4.69, 9.17) is 4.74 Å². The molecule has 22 heavy (non-hydrogen) atoms. The van der Waals surface area contributed by atoms with Crippen molar-refractivity contribution in [2.75, 3.05) is 26.0 Å². The normalized spacial score (nSPS) is 27.1. The molecule has 0 saturated carbocycles. The zero-order valence-corrected chi connectivity index (χ0v) is 14.8. The van der Waals surface area contributed by atoms with Crippen LogP contribution in [0.4, 0.5) is 0 Å². The smallest absolute Gasteiger partial charge is 0.0784 e. The Balaban J connectivity index is 1.97. The number of rotatable bonds is 8. The summed E-state index contributed by atoms with van der Waals surface area (Å²) < 4.78 is 27.2. The first-order valence-electron chi connectivity index (χ1n) is 8.69. The lowest BCUT2D eigenvalue weighted by Crippen LogP contribution is -2.41. The number of allylic oxidation sites excluding steroid dienone is 1. The third-order valence-corrected chi connectivity index (χ3v) is 5.71. The number of methoxy groups -OCH3 is 1. The average Bonchev–Trinajstić information content (AvgIpc) is 2.52. The van der Waals surface area contributed by atoms with Crippen molar-refractivity contribution in [3.63, 3.8) is 0 Å². The van der Waals surface area contributed by atoms with E-state index in [1.54, 1.807) is 11.1 Å². The molecule has 0 heterocycles. The Kier molecular flexibility index (Phi) is 7.54. The largest absolute Gasteiger partial charge is 0.772 e. The fraction of sp³-hybridized carbons (Fsp3) is 0.882. The van der Waals surface area contributed by atoms with Gasteiger partial charge in [-0.05, 0) is 70.0 Å². The predicted molar refractivity (Wildman–Crippen MR) is 89.6 cm³/mol. The topological polar surface area (TPSA) is 52.6 Å². The van der Waals surface area contributed by atoms with E-state index in [2.05, 4.69) is 11.8 Å². The van der Waals surface area contributed by atoms with E-state index < -0.39 is 11.1 Å². The fourth-order valence-corrected chi connectivity index (χ4v) is 4.41. The molecule has 0 N–H and O–H groups in total. The van der Waals surface area contributed by atoms with Gasteiger partial charge in [0.2, 0.25) is 0 Å². The van der Waals surface area contributed by atoms with E-state index in [1.807, 2.05) is 7.11 Å². The van der Waals surface area contributed by atoms with Crippen molar-refractivity contribution in [3.8, 4) is 0 Å². The monoisotopic (exact) mass is 328 g/mol. The maximum Gasteiger partial charge on any atom is 0.0784 e. The Labute approximate surface area is 137 Å². The SMILES string of the molecule is CCCN(CCCS(=O)[O-])C1CCC2=C(C1)C(OC)CCC2. The average molecular weight is 328 g/mol. The Morgan fingerprint density at radius 2 is 2.14 bits per heavy atom. The maximum absolute atomic E-state index is 10.7. The van der Waals surface area contributed by atoms with E-state index in [0.717, 1.165) is 38.8 Å². The van der Waals surface area contributed by atoms with Crippen LogP contribution >= 0.6 is 0 Å². The molecule has 0 saturated heterocycles. The quantitative estimate of drug-likeness (QED) is 0.508. The third kappa shape index (κ3) is 4.88. The molecular formula is C17H30NO3S-. The number of nitrogens with zero attached hydrogens (tertiary/aromatic N) is 1. The molecule has 0 aromatic heterocycles. The van der Waals surface area contributed by atoms with Gasteiger partial charge in [-0.3, -0.25) is 4.21 Å². The van der Waals surface area contributed by atoms with Gasteiger partial charge in [-0.15, -0.1) is 0 Å². The van der Waals surface area contributed by atoms with Gasteiger partial charge in [0.15, 0.2) is 0 Å². The Bertz CT molecular complexity index is 411. The first-order chi connectivity index (χ1) is 10.7. The first-order valence-corrected chi connectivity index (χ1v) is 9.93. The second kappa shape index (κ2) is 9.16. The molecule has 0 aromatic rings. The van der Waals surface area contributed by atoms with Crippen LogP contribution in [0.15, 0.2) is 11.1 Å². The summed E-state index contributed by atoms with van der Waals surface area (Å²) in [5.74, 6) is 0.279. The van der Waals surface area contributed by atoms with E-state index in [1.165, 1.54) is 25.7 Å². The van der Waals surface area contributed by atoms with Gasteiger partial charge in [0.25, 0.3) is 0 Å². The van der Waals surface area contributed by atoms with Gasteiger partial charge in [-0.2, -0.15) is 0 Å². The van der Waals surface area contributed by atoms with Crippen LogP contribution in [0, 0.1) is 0 Å². The lowest BCUT2D eigenvalue weighted by molar-refractivity contribution is 0.0973. The lowest BCUT2D eigenvalue weighted by Gasteiger charge is -2.40. The second-order valence-corrected chi connectivity index (χ2v) is 7.56. The molecule has 0 amide bonds. The van der Waals surface area contributed by atoms with Crippen LogP contribution in [-0.2, 0) is 15.8 Å². The molecule has 0 bridgehead atoms. The molecule has 0 aliphatic heterocycles. The molecule has 0 spiro atoms. The van der Waals surface area contributed by atoms with Crippen molar-refractivity contribution in [3.05, 3.63) is 11.1 Å². The highest BCUT2D eigenvalue weighted by Crippen LogP contribution is 2.38. The van der Waals surface area contributed by atoms with Crippen LogP contribution in [0.3, 0.4) is 0 Å². The zero-order valence-electron chi connectivity index (χ0n) is 14.0. The van der Waals surface area contributed by atoms with Gasteiger partial charge >= 0.3 is 0 Å². The van der Waals surface area contributed by atoms with Crippen LogP contribution in [0.2, 0.25) is 0 Å². The van der Waals surface area contributed by atoms with Crippen molar-refractivity contribution in [2.24, 2.45) is 0 Å². The molecule has 2 aliphatic carbocycles. The van der Waals surface area contributed by atoms with E-state index in [9.17, 15) is 8.76 Å². The summed E-state index contributed by atoms with van der Waals surface area (Å²) in [6.07, 6.45) is 9.40. The summed E-state index contributed by atoms with van der Waals surface area (Å²) in [6.45, 7) is 4.16. The summed E-state index contributed by atoms with van der Waals surface area (Å²) in [4.78, 5) is 2.51. The minimum absolute atomic E-state index is 0.279. The summed E-state index contributed by atoms with van der Waals surface area (Å²) in [6, 6.07) is 0.564. The van der Waals surface area contributed by atoms with Crippen molar-refractivity contribution < 1.29 is 13.5 Å². The molecule has 0 aromatic carbocycles. The first kappa shape index (κ1) is 18.1. The molecule has 2 aliphatic rings. The highest BCUT2D eigenvalue weighted by molar-refractivity contribution is 7.79. The van der Waals surface area contributed by atoms with Crippen LogP contribution in [0.1, 0.15) is 58.3 Å². The Morgan fingerprint density at radius 1 is 1.32 bits per heavy atom. The van der Waals surface area contributed by atoms with Gasteiger partial charge in [0.05, 0.1) is 6.10 Å². The molecular weight excluding hydrogens is 298 g/mol. The van der Waals surface area contributed by atoms with Gasteiger partial charge in [-0.25, -0.2) is 0 Å².